The highest BCUT2D eigenvalue weighted by atomic mass is 32.1. The smallest absolute Gasteiger partial charge is 0.134 e. The number of rotatable bonds is 3. The predicted molar refractivity (Wildman–Crippen MR) is 75.8 cm³/mol. The largest absolute Gasteiger partial charge is 0.493 e. The Morgan fingerprint density at radius 3 is 3.05 bits per heavy atom. The molecule has 0 bridgehead atoms. The van der Waals surface area contributed by atoms with Crippen LogP contribution in [0.4, 0.5) is 0 Å². The minimum Gasteiger partial charge on any atom is -0.493 e. The van der Waals surface area contributed by atoms with Crippen LogP contribution in [-0.2, 0) is 6.42 Å². The van der Waals surface area contributed by atoms with Gasteiger partial charge in [-0.15, -0.1) is 10.2 Å². The van der Waals surface area contributed by atoms with Gasteiger partial charge >= 0.3 is 0 Å². The second-order valence-electron chi connectivity index (χ2n) is 4.81. The van der Waals surface area contributed by atoms with Crippen molar-refractivity contribution in [1.29, 1.82) is 0 Å². The van der Waals surface area contributed by atoms with E-state index in [1.165, 1.54) is 5.56 Å². The highest BCUT2D eigenvalue weighted by Gasteiger charge is 2.24. The zero-order valence-electron chi connectivity index (χ0n) is 11.1. The molecule has 1 aliphatic heterocycles. The molecule has 2 heterocycles. The minimum atomic E-state index is 0.253. The molecule has 4 nitrogen and oxygen atoms in total. The molecule has 19 heavy (non-hydrogen) atoms. The Morgan fingerprint density at radius 2 is 2.21 bits per heavy atom. The second-order valence-corrected chi connectivity index (χ2v) is 5.85. The van der Waals surface area contributed by atoms with Crippen molar-refractivity contribution in [3.05, 3.63) is 39.8 Å². The van der Waals surface area contributed by atoms with E-state index in [2.05, 4.69) is 34.6 Å². The van der Waals surface area contributed by atoms with E-state index in [1.807, 2.05) is 19.2 Å². The number of hydrogen-bond donors (Lipinski definition) is 1. The Balaban J connectivity index is 1.79. The van der Waals surface area contributed by atoms with Crippen molar-refractivity contribution < 1.29 is 4.74 Å². The van der Waals surface area contributed by atoms with Gasteiger partial charge in [-0.1, -0.05) is 29.5 Å². The number of hydrogen-bond acceptors (Lipinski definition) is 5. The molecule has 0 fully saturated rings. The van der Waals surface area contributed by atoms with E-state index in [0.29, 0.717) is 12.5 Å². The zero-order valence-corrected chi connectivity index (χ0v) is 11.9. The van der Waals surface area contributed by atoms with E-state index in [0.717, 1.165) is 22.2 Å². The SMILES string of the molecule is CNC(C)c1nnc(C2COc3ccccc3C2)s1. The monoisotopic (exact) mass is 275 g/mol. The number of nitrogens with zero attached hydrogens (tertiary/aromatic N) is 2. The number of ether oxygens (including phenoxy) is 1. The maximum absolute atomic E-state index is 5.81. The van der Waals surface area contributed by atoms with Gasteiger partial charge in [0.1, 0.15) is 15.8 Å². The molecule has 2 atom stereocenters. The molecule has 0 saturated carbocycles. The fourth-order valence-electron chi connectivity index (χ4n) is 2.20. The maximum atomic E-state index is 5.81. The van der Waals surface area contributed by atoms with Crippen molar-refractivity contribution in [3.8, 4) is 5.75 Å². The van der Waals surface area contributed by atoms with Gasteiger partial charge < -0.3 is 10.1 Å². The van der Waals surface area contributed by atoms with E-state index in [4.69, 9.17) is 4.74 Å². The van der Waals surface area contributed by atoms with Gasteiger partial charge in [-0.3, -0.25) is 0 Å². The van der Waals surface area contributed by atoms with Crippen LogP contribution in [0.2, 0.25) is 0 Å². The van der Waals surface area contributed by atoms with Crippen LogP contribution in [0.1, 0.15) is 34.5 Å². The van der Waals surface area contributed by atoms with Gasteiger partial charge in [-0.25, -0.2) is 0 Å². The Bertz CT molecular complexity index is 569. The summed E-state index contributed by atoms with van der Waals surface area (Å²) < 4.78 is 5.81. The molecule has 0 aliphatic carbocycles. The molecule has 2 aromatic rings. The summed E-state index contributed by atoms with van der Waals surface area (Å²) in [5.74, 6) is 1.33. The minimum absolute atomic E-state index is 0.253. The molecule has 0 radical (unpaired) electrons. The highest BCUT2D eigenvalue weighted by molar-refractivity contribution is 7.11. The molecule has 1 N–H and O–H groups in total. The molecule has 3 rings (SSSR count). The third-order valence-electron chi connectivity index (χ3n) is 3.49. The summed E-state index contributed by atoms with van der Waals surface area (Å²) in [5.41, 5.74) is 1.26. The lowest BCUT2D eigenvalue weighted by atomic mass is 9.97. The molecule has 0 amide bonds. The van der Waals surface area contributed by atoms with E-state index in [-0.39, 0.29) is 6.04 Å². The molecular weight excluding hydrogens is 258 g/mol. The summed E-state index contributed by atoms with van der Waals surface area (Å²) in [7, 11) is 1.94. The topological polar surface area (TPSA) is 47.0 Å². The lowest BCUT2D eigenvalue weighted by Gasteiger charge is -2.23. The fourth-order valence-corrected chi connectivity index (χ4v) is 3.19. The number of aromatic nitrogens is 2. The summed E-state index contributed by atoms with van der Waals surface area (Å²) in [6.07, 6.45) is 0.985. The van der Waals surface area contributed by atoms with Gasteiger partial charge in [-0.2, -0.15) is 0 Å². The summed E-state index contributed by atoms with van der Waals surface area (Å²) in [4.78, 5) is 0. The van der Waals surface area contributed by atoms with Crippen LogP contribution in [0.3, 0.4) is 0 Å². The van der Waals surface area contributed by atoms with E-state index in [1.54, 1.807) is 11.3 Å². The normalized spacial score (nSPS) is 19.6. The highest BCUT2D eigenvalue weighted by Crippen LogP contribution is 2.34. The molecule has 5 heteroatoms. The van der Waals surface area contributed by atoms with Gasteiger partial charge in [0.2, 0.25) is 0 Å². The second kappa shape index (κ2) is 5.27. The summed E-state index contributed by atoms with van der Waals surface area (Å²) in [6, 6.07) is 8.47. The lowest BCUT2D eigenvalue weighted by Crippen LogP contribution is -2.18. The van der Waals surface area contributed by atoms with Crippen LogP contribution < -0.4 is 10.1 Å². The average molecular weight is 275 g/mol. The van der Waals surface area contributed by atoms with Gasteiger partial charge in [0, 0.05) is 0 Å². The Morgan fingerprint density at radius 1 is 1.37 bits per heavy atom. The molecule has 0 spiro atoms. The van der Waals surface area contributed by atoms with E-state index < -0.39 is 0 Å². The third kappa shape index (κ3) is 2.48. The maximum Gasteiger partial charge on any atom is 0.134 e. The summed E-state index contributed by atoms with van der Waals surface area (Å²) >= 11 is 1.68. The number of para-hydroxylation sites is 1. The van der Waals surface area contributed by atoms with Crippen molar-refractivity contribution in [2.75, 3.05) is 13.7 Å². The van der Waals surface area contributed by atoms with Crippen LogP contribution in [-0.4, -0.2) is 23.9 Å². The average Bonchev–Trinajstić information content (AvgIpc) is 2.95. The summed E-state index contributed by atoms with van der Waals surface area (Å²) in [5, 5.41) is 13.9. The third-order valence-corrected chi connectivity index (χ3v) is 4.76. The first kappa shape index (κ1) is 12.6. The Hall–Kier alpha value is -1.46. The Kier molecular flexibility index (Phi) is 3.48. The predicted octanol–water partition coefficient (Wildman–Crippen LogP) is 2.54. The van der Waals surface area contributed by atoms with Crippen LogP contribution in [0.25, 0.3) is 0 Å². The first-order chi connectivity index (χ1) is 9.28. The van der Waals surface area contributed by atoms with Crippen molar-refractivity contribution in [3.63, 3.8) is 0 Å². The van der Waals surface area contributed by atoms with Crippen LogP contribution in [0.15, 0.2) is 24.3 Å². The molecule has 1 aliphatic rings. The zero-order chi connectivity index (χ0) is 13.2. The molecule has 0 saturated heterocycles. The standard InChI is InChI=1S/C14H17N3OS/c1-9(15-2)13-16-17-14(19-13)11-7-10-5-3-4-6-12(10)18-8-11/h3-6,9,11,15H,7-8H2,1-2H3. The Labute approximate surface area is 116 Å². The van der Waals surface area contributed by atoms with Crippen molar-refractivity contribution in [1.82, 2.24) is 15.5 Å². The number of benzene rings is 1. The number of nitrogens with one attached hydrogen (secondary N) is 1. The van der Waals surface area contributed by atoms with Crippen LogP contribution in [0, 0.1) is 0 Å². The fraction of sp³-hybridized carbons (Fsp3) is 0.429. The van der Waals surface area contributed by atoms with Gasteiger partial charge in [0.15, 0.2) is 0 Å². The van der Waals surface area contributed by atoms with Crippen molar-refractivity contribution >= 4 is 11.3 Å². The van der Waals surface area contributed by atoms with E-state index >= 15 is 0 Å². The van der Waals surface area contributed by atoms with Crippen LogP contribution in [0.5, 0.6) is 5.75 Å². The molecule has 1 aromatic heterocycles. The van der Waals surface area contributed by atoms with Crippen molar-refractivity contribution in [2.24, 2.45) is 0 Å². The molecule has 1 aromatic carbocycles. The first-order valence-corrected chi connectivity index (χ1v) is 7.31. The van der Waals surface area contributed by atoms with Crippen molar-refractivity contribution in [2.45, 2.75) is 25.3 Å². The summed E-state index contributed by atoms with van der Waals surface area (Å²) in [6.45, 7) is 2.79. The van der Waals surface area contributed by atoms with E-state index in [9.17, 15) is 0 Å². The lowest BCUT2D eigenvalue weighted by molar-refractivity contribution is 0.262. The van der Waals surface area contributed by atoms with Gasteiger partial charge in [-0.05, 0) is 32.0 Å². The number of fused-ring (bicyclic) bond motifs is 1. The molecule has 100 valence electrons. The molecular formula is C14H17N3OS. The van der Waals surface area contributed by atoms with Gasteiger partial charge in [0.05, 0.1) is 18.6 Å². The van der Waals surface area contributed by atoms with Gasteiger partial charge in [0.25, 0.3) is 0 Å². The quantitative estimate of drug-likeness (QED) is 0.935. The first-order valence-electron chi connectivity index (χ1n) is 6.49. The van der Waals surface area contributed by atoms with Crippen LogP contribution >= 0.6 is 11.3 Å². The molecule has 2 unspecified atom stereocenters.